The number of carbonyl (C=O) groups is 4. The molecule has 0 N–H and O–H groups in total. The number of benzene rings is 2. The molecule has 10 atom stereocenters. The molecule has 0 amide bonds. The molecule has 4 saturated carbocycles. The third-order valence-corrected chi connectivity index (χ3v) is 17.4. The van der Waals surface area contributed by atoms with Crippen molar-refractivity contribution in [3.63, 3.8) is 0 Å². The highest BCUT2D eigenvalue weighted by atomic mass is 16.6. The van der Waals surface area contributed by atoms with E-state index in [1.54, 1.807) is 0 Å². The van der Waals surface area contributed by atoms with Crippen molar-refractivity contribution in [3.8, 4) is 0 Å². The van der Waals surface area contributed by atoms with E-state index in [0.29, 0.717) is 44.3 Å². The van der Waals surface area contributed by atoms with Crippen molar-refractivity contribution in [2.45, 2.75) is 145 Å². The van der Waals surface area contributed by atoms with Gasteiger partial charge in [0.1, 0.15) is 11.5 Å². The lowest BCUT2D eigenvalue weighted by atomic mass is 9.33. The SMILES string of the molecule is CC(=O)O[C@H]1CC[C@@]2(C)[C@@H](CC[C@]3(C)[C@@H]2C(=O)C=C2[C@@H]4C[C@@](C)(C(=O)OC(c5ccccc5)c5ccccc5)CC[C@]4(C)CC[C@]23C)[C@]1(C)C(=O)OCc1oc(=O)oc1C(C)C. The van der Waals surface area contributed by atoms with E-state index in [4.69, 9.17) is 23.0 Å². The Labute approximate surface area is 365 Å². The molecule has 5 aliphatic carbocycles. The van der Waals surface area contributed by atoms with Gasteiger partial charge in [0.05, 0.1) is 5.41 Å². The molecule has 2 aromatic carbocycles. The fraction of sp³-hybridized carbons (Fsp3) is 0.596. The largest absolute Gasteiger partial charge is 0.519 e. The Balaban J connectivity index is 1.11. The predicted molar refractivity (Wildman–Crippen MR) is 231 cm³/mol. The van der Waals surface area contributed by atoms with Crippen LogP contribution < -0.4 is 5.82 Å². The van der Waals surface area contributed by atoms with Gasteiger partial charge >= 0.3 is 23.7 Å². The molecule has 0 unspecified atom stereocenters. The summed E-state index contributed by atoms with van der Waals surface area (Å²) in [7, 11) is 0. The van der Waals surface area contributed by atoms with Crippen molar-refractivity contribution in [2.75, 3.05) is 0 Å². The van der Waals surface area contributed by atoms with Gasteiger partial charge in [0.15, 0.2) is 30.0 Å². The second-order valence-corrected chi connectivity index (χ2v) is 21.3. The Morgan fingerprint density at radius 1 is 0.774 bits per heavy atom. The van der Waals surface area contributed by atoms with Crippen LogP contribution in [0.15, 0.2) is 85.9 Å². The summed E-state index contributed by atoms with van der Waals surface area (Å²) in [5, 5.41) is 0. The summed E-state index contributed by atoms with van der Waals surface area (Å²) >= 11 is 0. The van der Waals surface area contributed by atoms with Gasteiger partial charge in [-0.3, -0.25) is 19.2 Å². The maximum absolute atomic E-state index is 15.3. The van der Waals surface area contributed by atoms with Crippen molar-refractivity contribution in [3.05, 3.63) is 106 Å². The van der Waals surface area contributed by atoms with Gasteiger partial charge < -0.3 is 23.0 Å². The summed E-state index contributed by atoms with van der Waals surface area (Å²) in [4.78, 5) is 69.1. The number of fused-ring (bicyclic) bond motifs is 7. The van der Waals surface area contributed by atoms with Crippen molar-refractivity contribution < 1.29 is 42.2 Å². The number of esters is 3. The number of allylic oxidation sites excluding steroid dienone is 2. The molecule has 0 bridgehead atoms. The molecule has 8 rings (SSSR count). The third kappa shape index (κ3) is 6.84. The Bertz CT molecular complexity index is 2280. The topological polar surface area (TPSA) is 139 Å². The van der Waals surface area contributed by atoms with E-state index in [0.717, 1.165) is 36.0 Å². The zero-order valence-electron chi connectivity index (χ0n) is 38.0. The average Bonchev–Trinajstić information content (AvgIpc) is 3.62. The van der Waals surface area contributed by atoms with Crippen LogP contribution in [0.25, 0.3) is 0 Å². The van der Waals surface area contributed by atoms with E-state index >= 15 is 4.79 Å². The van der Waals surface area contributed by atoms with Crippen LogP contribution in [0.4, 0.5) is 0 Å². The first-order valence-corrected chi connectivity index (χ1v) is 22.7. The smallest absolute Gasteiger partial charge is 0.461 e. The number of hydrogen-bond donors (Lipinski definition) is 0. The molecule has 5 aliphatic rings. The lowest BCUT2D eigenvalue weighted by Crippen LogP contribution is -2.68. The highest BCUT2D eigenvalue weighted by Gasteiger charge is 2.72. The molecule has 332 valence electrons. The zero-order chi connectivity index (χ0) is 44.6. The van der Waals surface area contributed by atoms with Gasteiger partial charge in [0.25, 0.3) is 0 Å². The molecule has 0 aliphatic heterocycles. The fourth-order valence-electron chi connectivity index (χ4n) is 13.7. The van der Waals surface area contributed by atoms with Gasteiger partial charge in [-0.2, -0.15) is 0 Å². The van der Waals surface area contributed by atoms with Crippen LogP contribution in [0.5, 0.6) is 0 Å². The summed E-state index contributed by atoms with van der Waals surface area (Å²) < 4.78 is 29.0. The normalized spacial score (nSPS) is 36.4. The molecule has 1 aromatic heterocycles. The Morgan fingerprint density at radius 3 is 2.02 bits per heavy atom. The highest BCUT2D eigenvalue weighted by Crippen LogP contribution is 2.75. The molecule has 3 aromatic rings. The van der Waals surface area contributed by atoms with Crippen molar-refractivity contribution in [2.24, 2.45) is 50.2 Å². The first-order valence-electron chi connectivity index (χ1n) is 22.7. The van der Waals surface area contributed by atoms with Gasteiger partial charge in [-0.15, -0.1) is 0 Å². The minimum absolute atomic E-state index is 0.00496. The molecule has 0 spiro atoms. The first kappa shape index (κ1) is 43.9. The van der Waals surface area contributed by atoms with Crippen LogP contribution in [-0.4, -0.2) is 29.8 Å². The van der Waals surface area contributed by atoms with Crippen LogP contribution in [0, 0.1) is 50.2 Å². The average molecular weight is 849 g/mol. The van der Waals surface area contributed by atoms with Crippen LogP contribution >= 0.6 is 0 Å². The predicted octanol–water partition coefficient (Wildman–Crippen LogP) is 10.6. The monoisotopic (exact) mass is 848 g/mol. The van der Waals surface area contributed by atoms with Gasteiger partial charge in [-0.25, -0.2) is 4.79 Å². The van der Waals surface area contributed by atoms with E-state index in [-0.39, 0.29) is 52.7 Å². The minimum Gasteiger partial charge on any atom is -0.461 e. The number of hydrogen-bond acceptors (Lipinski definition) is 10. The zero-order valence-corrected chi connectivity index (χ0v) is 38.0. The maximum Gasteiger partial charge on any atom is 0.519 e. The standard InChI is InChI=1S/C52H64O10/c1-31(2)41-38(60-46(57)62-41)30-58-45(56)52(9)39-20-23-51(8)43(49(39,6)22-21-40(52)59-32(3)53)37(54)28-35-36-29-48(5,25-24-47(36,4)26-27-50(35,51)7)44(55)61-42(33-16-12-10-13-17-33)34-18-14-11-15-19-34/h10-19,28,31,36,39-40,42-43H,20-27,29-30H2,1-9H3/t36-,39+,40-,43+,47+,48-,49-,50+,51+,52-/m0/s1. The Hall–Kier alpha value is -4.73. The molecule has 10 nitrogen and oxygen atoms in total. The summed E-state index contributed by atoms with van der Waals surface area (Å²) in [6, 6.07) is 19.8. The second-order valence-electron chi connectivity index (χ2n) is 21.3. The van der Waals surface area contributed by atoms with E-state index < -0.39 is 57.5 Å². The molecular formula is C52H64O10. The van der Waals surface area contributed by atoms with Crippen molar-refractivity contribution in [1.82, 2.24) is 0 Å². The lowest BCUT2D eigenvalue weighted by Gasteiger charge is -2.70. The summed E-state index contributed by atoms with van der Waals surface area (Å²) in [6.07, 6.45) is 6.97. The number of ether oxygens (including phenoxy) is 3. The third-order valence-electron chi connectivity index (χ3n) is 17.4. The lowest BCUT2D eigenvalue weighted by molar-refractivity contribution is -0.224. The summed E-state index contributed by atoms with van der Waals surface area (Å²) in [5.74, 6) is -2.52. The van der Waals surface area contributed by atoms with E-state index in [9.17, 15) is 19.2 Å². The molecule has 10 heteroatoms. The highest BCUT2D eigenvalue weighted by molar-refractivity contribution is 5.96. The summed E-state index contributed by atoms with van der Waals surface area (Å²) in [5.41, 5.74) is -0.571. The van der Waals surface area contributed by atoms with Crippen LogP contribution in [-0.2, 0) is 40.0 Å². The molecule has 62 heavy (non-hydrogen) atoms. The van der Waals surface area contributed by atoms with E-state index in [2.05, 4.69) is 34.6 Å². The molecule has 1 heterocycles. The van der Waals surface area contributed by atoms with Gasteiger partial charge in [-0.05, 0) is 122 Å². The molecular weight excluding hydrogens is 785 g/mol. The number of carbonyl (C=O) groups excluding carboxylic acids is 4. The Morgan fingerprint density at radius 2 is 1.40 bits per heavy atom. The van der Waals surface area contributed by atoms with Crippen molar-refractivity contribution in [1.29, 1.82) is 0 Å². The first-order chi connectivity index (χ1) is 29.2. The maximum atomic E-state index is 15.3. The van der Waals surface area contributed by atoms with Crippen LogP contribution in [0.2, 0.25) is 0 Å². The molecule has 0 radical (unpaired) electrons. The quantitative estimate of drug-likeness (QED) is 0.151. The fourth-order valence-corrected chi connectivity index (χ4v) is 13.7. The summed E-state index contributed by atoms with van der Waals surface area (Å²) in [6.45, 7) is 17.8. The number of ketones is 1. The van der Waals surface area contributed by atoms with Gasteiger partial charge in [0, 0.05) is 18.8 Å². The molecule has 0 saturated heterocycles. The van der Waals surface area contributed by atoms with Gasteiger partial charge in [-0.1, -0.05) is 108 Å². The number of rotatable bonds is 9. The van der Waals surface area contributed by atoms with Crippen molar-refractivity contribution >= 4 is 23.7 Å². The second kappa shape index (κ2) is 15.5. The van der Waals surface area contributed by atoms with E-state index in [1.807, 2.05) is 87.5 Å². The van der Waals surface area contributed by atoms with Crippen LogP contribution in [0.1, 0.15) is 155 Å². The Kier molecular flexibility index (Phi) is 11.0. The van der Waals surface area contributed by atoms with Gasteiger partial charge in [0.2, 0.25) is 0 Å². The minimum atomic E-state index is -1.29. The molecule has 4 fully saturated rings. The van der Waals surface area contributed by atoms with E-state index in [1.165, 1.54) is 6.92 Å². The van der Waals surface area contributed by atoms with Crippen LogP contribution in [0.3, 0.4) is 0 Å².